The Hall–Kier alpha value is -1.43. The van der Waals surface area contributed by atoms with Crippen LogP contribution in [0.5, 0.6) is 0 Å². The van der Waals surface area contributed by atoms with E-state index in [1.165, 1.54) is 18.4 Å². The van der Waals surface area contributed by atoms with Crippen molar-refractivity contribution in [2.45, 2.75) is 38.3 Å². The number of rotatable bonds is 4. The highest BCUT2D eigenvalue weighted by atomic mass is 32.1. The summed E-state index contributed by atoms with van der Waals surface area (Å²) in [7, 11) is 1.34. The molecule has 6 heteroatoms. The van der Waals surface area contributed by atoms with Crippen LogP contribution in [-0.2, 0) is 9.53 Å². The van der Waals surface area contributed by atoms with Crippen molar-refractivity contribution in [2.24, 2.45) is 0 Å². The maximum atomic E-state index is 12.4. The fourth-order valence-electron chi connectivity index (χ4n) is 2.06. The highest BCUT2D eigenvalue weighted by Crippen LogP contribution is 2.28. The molecule has 1 aliphatic carbocycles. The van der Waals surface area contributed by atoms with Gasteiger partial charge in [0.25, 0.3) is 5.91 Å². The molecule has 0 saturated heterocycles. The molecule has 1 aliphatic rings. The summed E-state index contributed by atoms with van der Waals surface area (Å²) in [4.78, 5) is 29.6. The van der Waals surface area contributed by atoms with E-state index in [4.69, 9.17) is 4.74 Å². The molecule has 0 radical (unpaired) electrons. The monoisotopic (exact) mass is 268 g/mol. The second kappa shape index (κ2) is 5.48. The molecule has 5 nitrogen and oxygen atoms in total. The Morgan fingerprint density at radius 2 is 2.28 bits per heavy atom. The van der Waals surface area contributed by atoms with Crippen LogP contribution < -0.4 is 0 Å². The van der Waals surface area contributed by atoms with Gasteiger partial charge in [-0.15, -0.1) is 11.3 Å². The third-order valence-electron chi connectivity index (χ3n) is 3.31. The highest BCUT2D eigenvalue weighted by molar-refractivity contribution is 7.07. The lowest BCUT2D eigenvalue weighted by molar-refractivity contribution is -0.146. The van der Waals surface area contributed by atoms with Crippen molar-refractivity contribution in [2.75, 3.05) is 7.11 Å². The zero-order valence-corrected chi connectivity index (χ0v) is 11.3. The zero-order chi connectivity index (χ0) is 13.1. The maximum Gasteiger partial charge on any atom is 0.328 e. The Balaban J connectivity index is 2.19. The first kappa shape index (κ1) is 13.0. The number of hydrogen-bond donors (Lipinski definition) is 0. The fraction of sp³-hybridized carbons (Fsp3) is 0.583. The van der Waals surface area contributed by atoms with Crippen LogP contribution in [0.15, 0.2) is 10.9 Å². The number of aromatic nitrogens is 1. The zero-order valence-electron chi connectivity index (χ0n) is 10.5. The van der Waals surface area contributed by atoms with E-state index in [-0.39, 0.29) is 17.9 Å². The van der Waals surface area contributed by atoms with Crippen LogP contribution in [0.4, 0.5) is 0 Å². The van der Waals surface area contributed by atoms with Crippen LogP contribution >= 0.6 is 11.3 Å². The third-order valence-corrected chi connectivity index (χ3v) is 3.90. The molecule has 1 aromatic heterocycles. The van der Waals surface area contributed by atoms with Crippen LogP contribution in [0.2, 0.25) is 0 Å². The summed E-state index contributed by atoms with van der Waals surface area (Å²) in [5, 5.41) is 1.71. The summed E-state index contributed by atoms with van der Waals surface area (Å²) in [6.07, 6.45) is 2.98. The molecule has 0 spiro atoms. The number of amides is 1. The molecule has 0 aliphatic heterocycles. The summed E-state index contributed by atoms with van der Waals surface area (Å²) in [5.74, 6) is -0.565. The SMILES string of the molecule is COC(=O)[C@H](C)N(C(=O)c1cscn1)C1CCC1. The van der Waals surface area contributed by atoms with Gasteiger partial charge in [-0.05, 0) is 26.2 Å². The Bertz CT molecular complexity index is 429. The number of hydrogen-bond acceptors (Lipinski definition) is 5. The van der Waals surface area contributed by atoms with E-state index < -0.39 is 6.04 Å². The number of carbonyl (C=O) groups excluding carboxylic acids is 2. The average Bonchev–Trinajstić information content (AvgIpc) is 2.84. The minimum absolute atomic E-state index is 0.133. The van der Waals surface area contributed by atoms with Crippen molar-refractivity contribution < 1.29 is 14.3 Å². The summed E-state index contributed by atoms with van der Waals surface area (Å²) >= 11 is 1.37. The van der Waals surface area contributed by atoms with Crippen LogP contribution in [0.3, 0.4) is 0 Å². The van der Waals surface area contributed by atoms with Gasteiger partial charge in [-0.25, -0.2) is 9.78 Å². The number of methoxy groups -OCH3 is 1. The fourth-order valence-corrected chi connectivity index (χ4v) is 2.58. The third kappa shape index (κ3) is 2.38. The lowest BCUT2D eigenvalue weighted by Crippen LogP contribution is -2.52. The van der Waals surface area contributed by atoms with Gasteiger partial charge in [0.2, 0.25) is 0 Å². The molecule has 1 aromatic rings. The van der Waals surface area contributed by atoms with Crippen molar-refractivity contribution in [3.8, 4) is 0 Å². The Kier molecular flexibility index (Phi) is 3.96. The van der Waals surface area contributed by atoms with E-state index in [9.17, 15) is 9.59 Å². The highest BCUT2D eigenvalue weighted by Gasteiger charge is 2.36. The van der Waals surface area contributed by atoms with Gasteiger partial charge < -0.3 is 9.64 Å². The molecule has 0 unspecified atom stereocenters. The van der Waals surface area contributed by atoms with E-state index in [0.29, 0.717) is 5.69 Å². The minimum atomic E-state index is -0.561. The molecule has 1 atom stereocenters. The van der Waals surface area contributed by atoms with Crippen molar-refractivity contribution >= 4 is 23.2 Å². The molecule has 1 amide bonds. The smallest absolute Gasteiger partial charge is 0.328 e. The number of carbonyl (C=O) groups is 2. The quantitative estimate of drug-likeness (QED) is 0.780. The predicted molar refractivity (Wildman–Crippen MR) is 67.4 cm³/mol. The summed E-state index contributed by atoms with van der Waals surface area (Å²) < 4.78 is 4.73. The molecule has 0 N–H and O–H groups in total. The maximum absolute atomic E-state index is 12.4. The first-order valence-electron chi connectivity index (χ1n) is 5.94. The first-order chi connectivity index (χ1) is 8.65. The van der Waals surface area contributed by atoms with E-state index in [1.54, 1.807) is 22.7 Å². The van der Waals surface area contributed by atoms with Gasteiger partial charge in [0, 0.05) is 11.4 Å². The molecule has 98 valence electrons. The van der Waals surface area contributed by atoms with Crippen LogP contribution in [0.25, 0.3) is 0 Å². The van der Waals surface area contributed by atoms with E-state index in [2.05, 4.69) is 4.98 Å². The second-order valence-corrected chi connectivity index (χ2v) is 5.09. The molecule has 0 bridgehead atoms. The summed E-state index contributed by atoms with van der Waals surface area (Å²) in [6, 6.07) is -0.428. The normalized spacial score (nSPS) is 16.8. The van der Waals surface area contributed by atoms with Crippen molar-refractivity contribution in [1.29, 1.82) is 0 Å². The van der Waals surface area contributed by atoms with Gasteiger partial charge in [-0.1, -0.05) is 0 Å². The Labute approximate surface area is 110 Å². The molecular weight excluding hydrogens is 252 g/mol. The van der Waals surface area contributed by atoms with Crippen LogP contribution in [-0.4, -0.2) is 41.0 Å². The molecule has 1 fully saturated rings. The van der Waals surface area contributed by atoms with Gasteiger partial charge in [-0.2, -0.15) is 0 Å². The molecule has 18 heavy (non-hydrogen) atoms. The molecule has 0 aromatic carbocycles. The minimum Gasteiger partial charge on any atom is -0.467 e. The van der Waals surface area contributed by atoms with E-state index >= 15 is 0 Å². The van der Waals surface area contributed by atoms with Crippen molar-refractivity contribution in [3.63, 3.8) is 0 Å². The van der Waals surface area contributed by atoms with Gasteiger partial charge in [0.1, 0.15) is 11.7 Å². The lowest BCUT2D eigenvalue weighted by Gasteiger charge is -2.39. The van der Waals surface area contributed by atoms with Crippen molar-refractivity contribution in [1.82, 2.24) is 9.88 Å². The standard InChI is InChI=1S/C12H16N2O3S/c1-8(12(16)17-2)14(9-4-3-5-9)11(15)10-6-18-7-13-10/h6-9H,3-5H2,1-2H3/t8-/m0/s1. The number of thiazole rings is 1. The topological polar surface area (TPSA) is 59.5 Å². The molecular formula is C12H16N2O3S. The van der Waals surface area contributed by atoms with Gasteiger partial charge in [0.15, 0.2) is 0 Å². The van der Waals surface area contributed by atoms with Crippen molar-refractivity contribution in [3.05, 3.63) is 16.6 Å². The lowest BCUT2D eigenvalue weighted by atomic mass is 9.90. The van der Waals surface area contributed by atoms with E-state index in [0.717, 1.165) is 19.3 Å². The summed E-state index contributed by atoms with van der Waals surface area (Å²) in [5.41, 5.74) is 2.03. The summed E-state index contributed by atoms with van der Waals surface area (Å²) in [6.45, 7) is 1.70. The molecule has 1 saturated carbocycles. The van der Waals surface area contributed by atoms with Gasteiger partial charge >= 0.3 is 5.97 Å². The van der Waals surface area contributed by atoms with Gasteiger partial charge in [0.05, 0.1) is 12.6 Å². The van der Waals surface area contributed by atoms with Gasteiger partial charge in [-0.3, -0.25) is 4.79 Å². The molecule has 1 heterocycles. The second-order valence-electron chi connectivity index (χ2n) is 4.37. The van der Waals surface area contributed by atoms with Crippen LogP contribution in [0.1, 0.15) is 36.7 Å². The van der Waals surface area contributed by atoms with Crippen LogP contribution in [0, 0.1) is 0 Å². The average molecular weight is 268 g/mol. The van der Waals surface area contributed by atoms with E-state index in [1.807, 2.05) is 0 Å². The molecule has 2 rings (SSSR count). The number of esters is 1. The Morgan fingerprint density at radius 3 is 2.72 bits per heavy atom. The Morgan fingerprint density at radius 1 is 1.56 bits per heavy atom. The largest absolute Gasteiger partial charge is 0.467 e. The first-order valence-corrected chi connectivity index (χ1v) is 6.88. The number of nitrogens with zero attached hydrogens (tertiary/aromatic N) is 2. The predicted octanol–water partition coefficient (Wildman–Crippen LogP) is 1.70. The number of ether oxygens (including phenoxy) is 1.